The Morgan fingerprint density at radius 3 is 2.56 bits per heavy atom. The maximum Gasteiger partial charge on any atom is 0.407 e. The molecule has 3 amide bonds. The first-order valence-electron chi connectivity index (χ1n) is 11.4. The smallest absolute Gasteiger partial charge is 0.407 e. The van der Waals surface area contributed by atoms with Crippen molar-refractivity contribution in [3.63, 3.8) is 0 Å². The van der Waals surface area contributed by atoms with Gasteiger partial charge in [0.15, 0.2) is 0 Å². The number of nitrogens with one attached hydrogen (secondary N) is 1. The van der Waals surface area contributed by atoms with Crippen LogP contribution >= 0.6 is 11.9 Å². The van der Waals surface area contributed by atoms with E-state index in [1.165, 1.54) is 0 Å². The molecule has 0 atom stereocenters. The number of hydrogen-bond acceptors (Lipinski definition) is 7. The summed E-state index contributed by atoms with van der Waals surface area (Å²) in [7, 11) is 1.85. The van der Waals surface area contributed by atoms with Crippen molar-refractivity contribution >= 4 is 24.1 Å². The first-order valence-corrected chi connectivity index (χ1v) is 12.2. The number of ether oxygens (including phenoxy) is 2. The summed E-state index contributed by atoms with van der Waals surface area (Å²) in [4.78, 5) is 33.0. The van der Waals surface area contributed by atoms with Crippen molar-refractivity contribution < 1.29 is 23.5 Å². The number of amides is 3. The van der Waals surface area contributed by atoms with Gasteiger partial charge < -0.3 is 24.6 Å². The summed E-state index contributed by atoms with van der Waals surface area (Å²) < 4.78 is 26.1. The molecule has 11 heteroatoms. The summed E-state index contributed by atoms with van der Waals surface area (Å²) in [5.41, 5.74) is -0.361. The van der Waals surface area contributed by atoms with Crippen LogP contribution in [0.4, 0.5) is 14.0 Å². The lowest BCUT2D eigenvalue weighted by atomic mass is 10.1. The Hall–Kier alpha value is -2.53. The molecule has 0 aliphatic carbocycles. The van der Waals surface area contributed by atoms with Gasteiger partial charge in [-0.3, -0.25) is 0 Å². The maximum atomic E-state index is 13.2. The summed E-state index contributed by atoms with van der Waals surface area (Å²) in [6, 6.07) is 4.10. The molecule has 0 unspecified atom stereocenters. The van der Waals surface area contributed by atoms with E-state index in [9.17, 15) is 14.0 Å². The van der Waals surface area contributed by atoms with E-state index in [0.717, 1.165) is 43.9 Å². The Bertz CT molecular complexity index is 869. The molecule has 9 nitrogen and oxygen atoms in total. The molecule has 0 aromatic carbocycles. The van der Waals surface area contributed by atoms with E-state index in [0.29, 0.717) is 18.3 Å². The summed E-state index contributed by atoms with van der Waals surface area (Å²) in [5, 5.41) is 2.50. The predicted molar refractivity (Wildman–Crippen MR) is 128 cm³/mol. The molecule has 2 aliphatic heterocycles. The Labute approximate surface area is 204 Å². The molecule has 2 saturated heterocycles. The summed E-state index contributed by atoms with van der Waals surface area (Å²) in [6.07, 6.45) is 3.44. The lowest BCUT2D eigenvalue weighted by Gasteiger charge is -2.35. The molecular formula is C23H34FN5O4S. The third kappa shape index (κ3) is 7.76. The van der Waals surface area contributed by atoms with E-state index in [-0.39, 0.29) is 24.8 Å². The van der Waals surface area contributed by atoms with Crippen molar-refractivity contribution in [1.82, 2.24) is 24.4 Å². The molecule has 1 N–H and O–H groups in total. The van der Waals surface area contributed by atoms with Gasteiger partial charge in [-0.25, -0.2) is 23.3 Å². The fourth-order valence-corrected chi connectivity index (χ4v) is 4.62. The standard InChI is InChI=1S/C23H34FN5O4S/c1-23(2,3)33-21(30)26-14-17(13-24)16-32-20-6-5-19(15-25-20)34-28-9-7-18(8-10-28)29-12-11-27(4)22(29)31/h5-6,13,15,18H,7-12,14,16H2,1-4H3,(H,26,30)/b17-13+. The molecule has 0 radical (unpaired) electrons. The highest BCUT2D eigenvalue weighted by molar-refractivity contribution is 7.97. The van der Waals surface area contributed by atoms with E-state index in [2.05, 4.69) is 14.6 Å². The average Bonchev–Trinajstić information content (AvgIpc) is 3.12. The second kappa shape index (κ2) is 11.7. The van der Waals surface area contributed by atoms with Crippen LogP contribution < -0.4 is 10.1 Å². The number of halogens is 1. The van der Waals surface area contributed by atoms with Gasteiger partial charge >= 0.3 is 12.1 Å². The Kier molecular flexibility index (Phi) is 9.01. The Morgan fingerprint density at radius 1 is 1.26 bits per heavy atom. The van der Waals surface area contributed by atoms with Crippen LogP contribution in [-0.2, 0) is 4.74 Å². The van der Waals surface area contributed by atoms with Gasteiger partial charge in [-0.05, 0) is 51.6 Å². The number of carbonyl (C=O) groups excluding carboxylic acids is 2. The minimum Gasteiger partial charge on any atom is -0.473 e. The molecule has 34 heavy (non-hydrogen) atoms. The zero-order valence-corrected chi connectivity index (χ0v) is 21.1. The monoisotopic (exact) mass is 495 g/mol. The van der Waals surface area contributed by atoms with Crippen molar-refractivity contribution in [1.29, 1.82) is 0 Å². The second-order valence-electron chi connectivity index (χ2n) is 9.39. The van der Waals surface area contributed by atoms with Crippen LogP contribution in [-0.4, -0.2) is 89.2 Å². The topological polar surface area (TPSA) is 87.2 Å². The van der Waals surface area contributed by atoms with Crippen LogP contribution in [0.15, 0.2) is 35.1 Å². The van der Waals surface area contributed by atoms with Gasteiger partial charge in [-0.15, -0.1) is 0 Å². The molecule has 188 valence electrons. The van der Waals surface area contributed by atoms with E-state index in [4.69, 9.17) is 9.47 Å². The fraction of sp³-hybridized carbons (Fsp3) is 0.609. The van der Waals surface area contributed by atoms with E-state index in [1.807, 2.05) is 18.0 Å². The highest BCUT2D eigenvalue weighted by atomic mass is 32.2. The van der Waals surface area contributed by atoms with Crippen LogP contribution in [0, 0.1) is 0 Å². The van der Waals surface area contributed by atoms with Crippen molar-refractivity contribution in [2.45, 2.75) is 50.2 Å². The third-order valence-corrected chi connectivity index (χ3v) is 6.55. The minimum absolute atomic E-state index is 0.0192. The van der Waals surface area contributed by atoms with E-state index < -0.39 is 11.7 Å². The van der Waals surface area contributed by atoms with Gasteiger partial charge in [0.2, 0.25) is 5.88 Å². The molecule has 1 aromatic heterocycles. The molecule has 0 saturated carbocycles. The number of pyridine rings is 1. The zero-order valence-electron chi connectivity index (χ0n) is 20.3. The molecule has 2 aliphatic rings. The number of hydrogen-bond donors (Lipinski definition) is 1. The number of carbonyl (C=O) groups is 2. The first-order chi connectivity index (χ1) is 16.1. The normalized spacial score (nSPS) is 18.4. The quantitative estimate of drug-likeness (QED) is 0.551. The van der Waals surface area contributed by atoms with Crippen molar-refractivity contribution in [3.05, 3.63) is 30.2 Å². The molecule has 1 aromatic rings. The maximum absolute atomic E-state index is 13.2. The number of likely N-dealkylation sites (N-methyl/N-ethyl adjacent to an activating group) is 1. The van der Waals surface area contributed by atoms with Crippen LogP contribution in [0.5, 0.6) is 5.88 Å². The van der Waals surface area contributed by atoms with Crippen molar-refractivity contribution in [3.8, 4) is 5.88 Å². The molecule has 0 bridgehead atoms. The molecule has 3 heterocycles. The summed E-state index contributed by atoms with van der Waals surface area (Å²) in [6.45, 7) is 8.63. The van der Waals surface area contributed by atoms with Crippen LogP contribution in [0.3, 0.4) is 0 Å². The number of rotatable bonds is 8. The zero-order chi connectivity index (χ0) is 24.7. The molecule has 0 spiro atoms. The largest absolute Gasteiger partial charge is 0.473 e. The number of alkyl carbamates (subject to hydrolysis) is 1. The summed E-state index contributed by atoms with van der Waals surface area (Å²) in [5.74, 6) is 0.372. The minimum atomic E-state index is -0.621. The Morgan fingerprint density at radius 2 is 2.00 bits per heavy atom. The van der Waals surface area contributed by atoms with Gasteiger partial charge in [0, 0.05) is 68.5 Å². The number of aromatic nitrogens is 1. The number of nitrogens with zero attached hydrogens (tertiary/aromatic N) is 4. The fourth-order valence-electron chi connectivity index (χ4n) is 3.69. The lowest BCUT2D eigenvalue weighted by Crippen LogP contribution is -2.44. The predicted octanol–water partition coefficient (Wildman–Crippen LogP) is 3.68. The van der Waals surface area contributed by atoms with Crippen LogP contribution in [0.1, 0.15) is 33.6 Å². The highest BCUT2D eigenvalue weighted by Gasteiger charge is 2.33. The molecule has 3 rings (SSSR count). The van der Waals surface area contributed by atoms with Crippen molar-refractivity contribution in [2.75, 3.05) is 46.4 Å². The van der Waals surface area contributed by atoms with Gasteiger partial charge in [-0.1, -0.05) is 0 Å². The highest BCUT2D eigenvalue weighted by Crippen LogP contribution is 2.29. The van der Waals surface area contributed by atoms with Gasteiger partial charge in [0.1, 0.15) is 12.2 Å². The van der Waals surface area contributed by atoms with E-state index in [1.54, 1.807) is 49.9 Å². The second-order valence-corrected chi connectivity index (χ2v) is 10.6. The van der Waals surface area contributed by atoms with Gasteiger partial charge in [-0.2, -0.15) is 0 Å². The average molecular weight is 496 g/mol. The Balaban J connectivity index is 1.39. The van der Waals surface area contributed by atoms with E-state index >= 15 is 0 Å². The third-order valence-electron chi connectivity index (χ3n) is 5.47. The van der Waals surface area contributed by atoms with Crippen LogP contribution in [0.25, 0.3) is 0 Å². The summed E-state index contributed by atoms with van der Waals surface area (Å²) >= 11 is 1.63. The molecule has 2 fully saturated rings. The van der Waals surface area contributed by atoms with Crippen molar-refractivity contribution in [2.24, 2.45) is 0 Å². The van der Waals surface area contributed by atoms with Crippen LogP contribution in [0.2, 0.25) is 0 Å². The first kappa shape index (κ1) is 26.1. The van der Waals surface area contributed by atoms with Gasteiger partial charge in [0.25, 0.3) is 0 Å². The van der Waals surface area contributed by atoms with Gasteiger partial charge in [0.05, 0.1) is 6.33 Å². The lowest BCUT2D eigenvalue weighted by molar-refractivity contribution is 0.0531. The molecular weight excluding hydrogens is 461 g/mol. The number of piperidine rings is 1. The number of urea groups is 1. The SMILES string of the molecule is CN1CCN(C2CCN(Sc3ccc(OC/C(=C/F)CNC(=O)OC(C)(C)C)nc3)CC2)C1=O.